The van der Waals surface area contributed by atoms with Crippen LogP contribution in [0.4, 0.5) is 0 Å². The summed E-state index contributed by atoms with van der Waals surface area (Å²) in [5, 5.41) is 8.14. The van der Waals surface area contributed by atoms with Gasteiger partial charge < -0.3 is 9.84 Å². The van der Waals surface area contributed by atoms with E-state index < -0.39 is 21.1 Å². The minimum Gasteiger partial charge on any atom is -0.481 e. The maximum atomic E-state index is 12.0. The highest BCUT2D eigenvalue weighted by atomic mass is 32.2. The number of carboxylic acids is 1. The molecule has 1 N–H and O–H groups in total. The molecule has 1 aliphatic heterocycles. The monoisotopic (exact) mass is 262 g/mol. The zero-order valence-corrected chi connectivity index (χ0v) is 10.5. The molecular weight excluding hydrogens is 244 g/mol. The summed E-state index contributed by atoms with van der Waals surface area (Å²) in [5.41, 5.74) is -0.209. The molecule has 5 nitrogen and oxygen atoms in total. The Hall–Kier alpha value is -0.620. The molecule has 17 heavy (non-hydrogen) atoms. The van der Waals surface area contributed by atoms with E-state index in [1.54, 1.807) is 0 Å². The highest BCUT2D eigenvalue weighted by Gasteiger charge is 2.45. The van der Waals surface area contributed by atoms with Crippen LogP contribution in [-0.2, 0) is 19.4 Å². The van der Waals surface area contributed by atoms with Crippen LogP contribution in [0.5, 0.6) is 0 Å². The lowest BCUT2D eigenvalue weighted by Gasteiger charge is -2.46. The number of hydrogen-bond donors (Lipinski definition) is 1. The second kappa shape index (κ2) is 4.57. The van der Waals surface area contributed by atoms with E-state index in [0.29, 0.717) is 19.4 Å². The van der Waals surface area contributed by atoms with Crippen molar-refractivity contribution in [1.29, 1.82) is 0 Å². The molecule has 1 unspecified atom stereocenters. The maximum absolute atomic E-state index is 12.0. The van der Waals surface area contributed by atoms with E-state index in [1.165, 1.54) is 0 Å². The first-order chi connectivity index (χ1) is 7.94. The van der Waals surface area contributed by atoms with Crippen molar-refractivity contribution in [3.05, 3.63) is 0 Å². The largest absolute Gasteiger partial charge is 0.481 e. The number of ether oxygens (including phenoxy) is 1. The van der Waals surface area contributed by atoms with Gasteiger partial charge in [0.15, 0.2) is 9.84 Å². The van der Waals surface area contributed by atoms with Crippen molar-refractivity contribution < 1.29 is 23.1 Å². The van der Waals surface area contributed by atoms with Gasteiger partial charge in [0.1, 0.15) is 0 Å². The number of aliphatic carboxylic acids is 1. The maximum Gasteiger partial charge on any atom is 0.304 e. The fourth-order valence-electron chi connectivity index (χ4n) is 2.61. The van der Waals surface area contributed by atoms with E-state index in [2.05, 4.69) is 0 Å². The number of carboxylic acid groups (broad SMARTS) is 1. The first-order valence-corrected chi connectivity index (χ1v) is 7.72. The van der Waals surface area contributed by atoms with Crippen molar-refractivity contribution in [3.8, 4) is 0 Å². The molecule has 1 atom stereocenters. The van der Waals surface area contributed by atoms with Crippen LogP contribution in [0, 0.1) is 0 Å². The van der Waals surface area contributed by atoms with Gasteiger partial charge in [0, 0.05) is 6.61 Å². The number of sulfone groups is 1. The van der Waals surface area contributed by atoms with Crippen molar-refractivity contribution in [2.45, 2.75) is 49.4 Å². The Morgan fingerprint density at radius 3 is 2.65 bits per heavy atom. The van der Waals surface area contributed by atoms with E-state index in [-0.39, 0.29) is 17.8 Å². The fourth-order valence-corrected chi connectivity index (χ4v) is 4.41. The SMILES string of the molecule is O=C(O)CCS(=O)(=O)C1CCOC2(CCC2)C1. The number of rotatable bonds is 4. The second-order valence-electron chi connectivity index (χ2n) is 5.01. The quantitative estimate of drug-likeness (QED) is 0.816. The van der Waals surface area contributed by atoms with Gasteiger partial charge in [-0.25, -0.2) is 8.42 Å². The van der Waals surface area contributed by atoms with E-state index in [1.807, 2.05) is 0 Å². The van der Waals surface area contributed by atoms with Crippen LogP contribution in [0.2, 0.25) is 0 Å². The van der Waals surface area contributed by atoms with Crippen molar-refractivity contribution in [2.24, 2.45) is 0 Å². The Kier molecular flexibility index (Phi) is 3.45. The molecule has 1 spiro atoms. The van der Waals surface area contributed by atoms with Gasteiger partial charge in [-0.2, -0.15) is 0 Å². The summed E-state index contributed by atoms with van der Waals surface area (Å²) >= 11 is 0. The van der Waals surface area contributed by atoms with E-state index >= 15 is 0 Å². The Labute approximate surface area is 101 Å². The molecule has 0 bridgehead atoms. The van der Waals surface area contributed by atoms with Gasteiger partial charge in [-0.3, -0.25) is 4.79 Å². The standard InChI is InChI=1S/C11H18O5S/c12-10(13)3-7-17(14,15)9-2-6-16-11(8-9)4-1-5-11/h9H,1-8H2,(H,12,13). The molecule has 1 aliphatic carbocycles. The molecule has 0 aromatic rings. The summed E-state index contributed by atoms with van der Waals surface area (Å²) in [5.74, 6) is -1.30. The normalized spacial score (nSPS) is 27.6. The van der Waals surface area contributed by atoms with Gasteiger partial charge >= 0.3 is 5.97 Å². The molecule has 0 aromatic carbocycles. The Morgan fingerprint density at radius 2 is 2.12 bits per heavy atom. The predicted octanol–water partition coefficient (Wildman–Crippen LogP) is 0.978. The van der Waals surface area contributed by atoms with Gasteiger partial charge in [0.05, 0.1) is 23.0 Å². The lowest BCUT2D eigenvalue weighted by Crippen LogP contribution is -2.49. The van der Waals surface area contributed by atoms with Crippen LogP contribution in [0.1, 0.15) is 38.5 Å². The van der Waals surface area contributed by atoms with Gasteiger partial charge in [0.2, 0.25) is 0 Å². The van der Waals surface area contributed by atoms with Gasteiger partial charge in [0.25, 0.3) is 0 Å². The van der Waals surface area contributed by atoms with E-state index in [4.69, 9.17) is 9.84 Å². The smallest absolute Gasteiger partial charge is 0.304 e. The summed E-state index contributed by atoms with van der Waals surface area (Å²) < 4.78 is 29.7. The first-order valence-electron chi connectivity index (χ1n) is 6.01. The lowest BCUT2D eigenvalue weighted by molar-refractivity contribution is -0.136. The average molecular weight is 262 g/mol. The van der Waals surface area contributed by atoms with Gasteiger partial charge in [-0.15, -0.1) is 0 Å². The molecular formula is C11H18O5S. The molecule has 0 amide bonds. The molecule has 1 saturated heterocycles. The zero-order valence-electron chi connectivity index (χ0n) is 9.72. The van der Waals surface area contributed by atoms with Crippen molar-refractivity contribution in [3.63, 3.8) is 0 Å². The highest BCUT2D eigenvalue weighted by molar-refractivity contribution is 7.92. The third kappa shape index (κ3) is 2.80. The summed E-state index contributed by atoms with van der Waals surface area (Å²) in [6.07, 6.45) is 3.74. The van der Waals surface area contributed by atoms with Crippen LogP contribution in [0.15, 0.2) is 0 Å². The second-order valence-corrected chi connectivity index (χ2v) is 7.41. The minimum absolute atomic E-state index is 0.209. The van der Waals surface area contributed by atoms with Crippen LogP contribution < -0.4 is 0 Å². The molecule has 1 heterocycles. The van der Waals surface area contributed by atoms with Gasteiger partial charge in [-0.05, 0) is 32.1 Å². The van der Waals surface area contributed by atoms with E-state index in [0.717, 1.165) is 19.3 Å². The highest BCUT2D eigenvalue weighted by Crippen LogP contribution is 2.43. The number of carbonyl (C=O) groups is 1. The third-order valence-corrected chi connectivity index (χ3v) is 6.01. The molecule has 2 rings (SSSR count). The predicted molar refractivity (Wildman–Crippen MR) is 61.6 cm³/mol. The Balaban J connectivity index is 1.98. The molecule has 2 aliphatic rings. The molecule has 1 saturated carbocycles. The van der Waals surface area contributed by atoms with Crippen molar-refractivity contribution in [1.82, 2.24) is 0 Å². The first kappa shape index (κ1) is 12.8. The molecule has 0 aromatic heterocycles. The van der Waals surface area contributed by atoms with Crippen LogP contribution in [0.25, 0.3) is 0 Å². The van der Waals surface area contributed by atoms with Crippen LogP contribution in [0.3, 0.4) is 0 Å². The lowest BCUT2D eigenvalue weighted by atomic mass is 9.75. The van der Waals surface area contributed by atoms with Crippen LogP contribution >= 0.6 is 0 Å². The third-order valence-electron chi connectivity index (χ3n) is 3.82. The molecule has 6 heteroatoms. The fraction of sp³-hybridized carbons (Fsp3) is 0.909. The Morgan fingerprint density at radius 1 is 1.41 bits per heavy atom. The number of hydrogen-bond acceptors (Lipinski definition) is 4. The average Bonchev–Trinajstić information content (AvgIpc) is 2.25. The topological polar surface area (TPSA) is 80.7 Å². The zero-order chi connectivity index (χ0) is 12.5. The summed E-state index contributed by atoms with van der Waals surface area (Å²) in [6.45, 7) is 0.483. The van der Waals surface area contributed by atoms with E-state index in [9.17, 15) is 13.2 Å². The van der Waals surface area contributed by atoms with Gasteiger partial charge in [-0.1, -0.05) is 0 Å². The van der Waals surface area contributed by atoms with Crippen molar-refractivity contribution >= 4 is 15.8 Å². The summed E-state index contributed by atoms with van der Waals surface area (Å²) in [7, 11) is -3.29. The molecule has 0 radical (unpaired) electrons. The van der Waals surface area contributed by atoms with Crippen LogP contribution in [-0.4, -0.2) is 42.7 Å². The summed E-state index contributed by atoms with van der Waals surface area (Å²) in [4.78, 5) is 10.4. The molecule has 2 fully saturated rings. The Bertz CT molecular complexity index is 396. The van der Waals surface area contributed by atoms with Crippen molar-refractivity contribution in [2.75, 3.05) is 12.4 Å². The molecule has 98 valence electrons. The minimum atomic E-state index is -3.29. The summed E-state index contributed by atoms with van der Waals surface area (Å²) in [6, 6.07) is 0.